The lowest BCUT2D eigenvalue weighted by Crippen LogP contribution is -2.26. The zero-order chi connectivity index (χ0) is 20.1. The van der Waals surface area contributed by atoms with E-state index < -0.39 is 16.1 Å². The van der Waals surface area contributed by atoms with Gasteiger partial charge in [-0.3, -0.25) is 4.68 Å². The van der Waals surface area contributed by atoms with Gasteiger partial charge in [0.25, 0.3) is 10.0 Å². The number of nitrogens with zero attached hydrogens (tertiary/aromatic N) is 4. The molecule has 0 saturated heterocycles. The van der Waals surface area contributed by atoms with Gasteiger partial charge in [-0.15, -0.1) is 11.3 Å². The van der Waals surface area contributed by atoms with Gasteiger partial charge >= 0.3 is 0 Å². The summed E-state index contributed by atoms with van der Waals surface area (Å²) in [6, 6.07) is 9.57. The SMILES string of the molecule is Cc1ccc(C2CC(c3ccn(C)n3)=NN2S(=O)(=O)c2ccc(Cl)c(Cl)c2)s1. The van der Waals surface area contributed by atoms with Crippen molar-refractivity contribution in [2.45, 2.75) is 24.3 Å². The molecule has 1 unspecified atom stereocenters. The lowest BCUT2D eigenvalue weighted by atomic mass is 10.1. The number of halogens is 2. The average Bonchev–Trinajstić information content (AvgIpc) is 3.36. The van der Waals surface area contributed by atoms with E-state index in [1.807, 2.05) is 32.2 Å². The van der Waals surface area contributed by atoms with E-state index in [4.69, 9.17) is 23.2 Å². The maximum Gasteiger partial charge on any atom is 0.279 e. The molecule has 1 aromatic carbocycles. The zero-order valence-electron chi connectivity index (χ0n) is 15.0. The highest BCUT2D eigenvalue weighted by atomic mass is 35.5. The topological polar surface area (TPSA) is 67.6 Å². The Bertz CT molecular complexity index is 1180. The van der Waals surface area contributed by atoms with Crippen molar-refractivity contribution in [3.63, 3.8) is 0 Å². The van der Waals surface area contributed by atoms with Gasteiger partial charge < -0.3 is 0 Å². The van der Waals surface area contributed by atoms with Crippen molar-refractivity contribution in [3.05, 3.63) is 68.1 Å². The highest BCUT2D eigenvalue weighted by molar-refractivity contribution is 7.89. The van der Waals surface area contributed by atoms with Crippen LogP contribution < -0.4 is 0 Å². The van der Waals surface area contributed by atoms with Crippen molar-refractivity contribution in [3.8, 4) is 0 Å². The van der Waals surface area contributed by atoms with E-state index in [2.05, 4.69) is 10.2 Å². The number of sulfonamides is 1. The van der Waals surface area contributed by atoms with Crippen LogP contribution in [0.2, 0.25) is 10.0 Å². The molecule has 0 fully saturated rings. The fourth-order valence-electron chi connectivity index (χ4n) is 3.02. The number of aryl methyl sites for hydroxylation is 2. The van der Waals surface area contributed by atoms with Gasteiger partial charge in [0.15, 0.2) is 0 Å². The average molecular weight is 455 g/mol. The summed E-state index contributed by atoms with van der Waals surface area (Å²) in [4.78, 5) is 2.08. The van der Waals surface area contributed by atoms with Gasteiger partial charge in [-0.25, -0.2) is 0 Å². The first-order valence-electron chi connectivity index (χ1n) is 8.39. The first-order valence-corrected chi connectivity index (χ1v) is 11.4. The van der Waals surface area contributed by atoms with Crippen molar-refractivity contribution in [2.75, 3.05) is 0 Å². The molecule has 2 aromatic heterocycles. The second-order valence-corrected chi connectivity index (χ2v) is 10.4. The molecule has 1 aliphatic heterocycles. The summed E-state index contributed by atoms with van der Waals surface area (Å²) in [6.07, 6.45) is 2.25. The summed E-state index contributed by atoms with van der Waals surface area (Å²) in [7, 11) is -2.12. The van der Waals surface area contributed by atoms with E-state index in [0.29, 0.717) is 22.8 Å². The van der Waals surface area contributed by atoms with Crippen molar-refractivity contribution in [1.29, 1.82) is 0 Å². The Morgan fingerprint density at radius 3 is 2.54 bits per heavy atom. The number of hydrazone groups is 1. The molecule has 0 amide bonds. The molecule has 146 valence electrons. The van der Waals surface area contributed by atoms with E-state index >= 15 is 0 Å². The van der Waals surface area contributed by atoms with Crippen LogP contribution in [0, 0.1) is 6.92 Å². The predicted octanol–water partition coefficient (Wildman–Crippen LogP) is 4.64. The number of rotatable bonds is 4. The van der Waals surface area contributed by atoms with E-state index in [9.17, 15) is 8.42 Å². The molecular formula is C18H16Cl2N4O2S2. The fourth-order valence-corrected chi connectivity index (χ4v) is 5.87. The number of hydrogen-bond donors (Lipinski definition) is 0. The van der Waals surface area contributed by atoms with Crippen LogP contribution >= 0.6 is 34.5 Å². The fraction of sp³-hybridized carbons (Fsp3) is 0.222. The summed E-state index contributed by atoms with van der Waals surface area (Å²) in [5.74, 6) is 0. The molecule has 3 aromatic rings. The second-order valence-electron chi connectivity index (χ2n) is 6.44. The Morgan fingerprint density at radius 2 is 1.93 bits per heavy atom. The molecule has 1 aliphatic rings. The highest BCUT2D eigenvalue weighted by Crippen LogP contribution is 2.40. The number of thiophene rings is 1. The smallest absolute Gasteiger partial charge is 0.275 e. The van der Waals surface area contributed by atoms with Crippen LogP contribution in [0.15, 0.2) is 52.6 Å². The molecule has 1 atom stereocenters. The van der Waals surface area contributed by atoms with Crippen LogP contribution in [-0.2, 0) is 17.1 Å². The van der Waals surface area contributed by atoms with Crippen LogP contribution in [0.1, 0.15) is 27.9 Å². The Balaban J connectivity index is 1.81. The minimum absolute atomic E-state index is 0.0474. The van der Waals surface area contributed by atoms with Crippen LogP contribution in [-0.4, -0.2) is 28.3 Å². The quantitative estimate of drug-likeness (QED) is 0.576. The highest BCUT2D eigenvalue weighted by Gasteiger charge is 2.39. The summed E-state index contributed by atoms with van der Waals surface area (Å²) in [5, 5.41) is 9.30. The Labute approximate surface area is 177 Å². The summed E-state index contributed by atoms with van der Waals surface area (Å²) in [5.41, 5.74) is 1.29. The van der Waals surface area contributed by atoms with Crippen molar-refractivity contribution in [1.82, 2.24) is 14.2 Å². The monoisotopic (exact) mass is 454 g/mol. The third-order valence-corrected chi connectivity index (χ3v) is 7.93. The lowest BCUT2D eigenvalue weighted by Gasteiger charge is -2.22. The van der Waals surface area contributed by atoms with Crippen molar-refractivity contribution < 1.29 is 8.42 Å². The molecule has 28 heavy (non-hydrogen) atoms. The minimum Gasteiger partial charge on any atom is -0.275 e. The molecular weight excluding hydrogens is 439 g/mol. The molecule has 0 N–H and O–H groups in total. The van der Waals surface area contributed by atoms with Crippen LogP contribution in [0.5, 0.6) is 0 Å². The maximum absolute atomic E-state index is 13.4. The normalized spacial score (nSPS) is 17.2. The third kappa shape index (κ3) is 3.45. The number of hydrogen-bond acceptors (Lipinski definition) is 5. The van der Waals surface area contributed by atoms with Crippen molar-refractivity contribution >= 4 is 50.3 Å². The maximum atomic E-state index is 13.4. The molecule has 6 nitrogen and oxygen atoms in total. The molecule has 0 radical (unpaired) electrons. The Hall–Kier alpha value is -1.87. The van der Waals surface area contributed by atoms with Gasteiger partial charge in [0.1, 0.15) is 11.7 Å². The van der Waals surface area contributed by atoms with Gasteiger partial charge in [0.05, 0.1) is 20.7 Å². The molecule has 0 spiro atoms. The zero-order valence-corrected chi connectivity index (χ0v) is 18.1. The number of benzene rings is 1. The third-order valence-electron chi connectivity index (χ3n) is 4.41. The van der Waals surface area contributed by atoms with Crippen LogP contribution in [0.4, 0.5) is 0 Å². The predicted molar refractivity (Wildman–Crippen MR) is 112 cm³/mol. The number of aromatic nitrogens is 2. The van der Waals surface area contributed by atoms with Crippen molar-refractivity contribution in [2.24, 2.45) is 12.1 Å². The van der Waals surface area contributed by atoms with E-state index in [-0.39, 0.29) is 9.92 Å². The summed E-state index contributed by atoms with van der Waals surface area (Å²) < 4.78 is 29.6. The lowest BCUT2D eigenvalue weighted by molar-refractivity contribution is 0.375. The Kier molecular flexibility index (Phi) is 4.99. The standard InChI is InChI=1S/C18H16Cl2N4O2S2/c1-11-3-6-18(27-11)17-10-16(15-7-8-23(2)21-15)22-24(17)28(25,26)12-4-5-13(19)14(20)9-12/h3-9,17H,10H2,1-2H3. The molecule has 4 rings (SSSR count). The first-order chi connectivity index (χ1) is 13.3. The van der Waals surface area contributed by atoms with Crippen LogP contribution in [0.25, 0.3) is 0 Å². The molecule has 0 bridgehead atoms. The van der Waals surface area contributed by atoms with Gasteiger partial charge in [0.2, 0.25) is 0 Å². The summed E-state index contributed by atoms with van der Waals surface area (Å²) >= 11 is 13.6. The van der Waals surface area contributed by atoms with Gasteiger partial charge in [-0.2, -0.15) is 23.0 Å². The van der Waals surface area contributed by atoms with E-state index in [1.54, 1.807) is 22.2 Å². The first kappa shape index (κ1) is 19.4. The Morgan fingerprint density at radius 1 is 1.14 bits per heavy atom. The molecule has 0 aliphatic carbocycles. The van der Waals surface area contributed by atoms with E-state index in [1.165, 1.54) is 22.6 Å². The van der Waals surface area contributed by atoms with Gasteiger partial charge in [0, 0.05) is 29.4 Å². The minimum atomic E-state index is -3.93. The largest absolute Gasteiger partial charge is 0.279 e. The van der Waals surface area contributed by atoms with E-state index in [0.717, 1.165) is 9.75 Å². The molecule has 0 saturated carbocycles. The molecule has 10 heteroatoms. The van der Waals surface area contributed by atoms with Gasteiger partial charge in [-0.1, -0.05) is 23.2 Å². The summed E-state index contributed by atoms with van der Waals surface area (Å²) in [6.45, 7) is 1.99. The van der Waals surface area contributed by atoms with Crippen LogP contribution in [0.3, 0.4) is 0 Å². The molecule has 3 heterocycles. The van der Waals surface area contributed by atoms with Gasteiger partial charge in [-0.05, 0) is 43.3 Å². The second kappa shape index (κ2) is 7.18.